The van der Waals surface area contributed by atoms with Crippen LogP contribution < -0.4 is 4.74 Å². The van der Waals surface area contributed by atoms with Gasteiger partial charge in [-0.2, -0.15) is 0 Å². The molecule has 1 atom stereocenters. The van der Waals surface area contributed by atoms with Crippen molar-refractivity contribution in [2.45, 2.75) is 75.9 Å². The molecule has 0 unspecified atom stereocenters. The molecular weight excluding hydrogens is 458 g/mol. The third-order valence-corrected chi connectivity index (χ3v) is 7.02. The molecule has 2 aliphatic rings. The second kappa shape index (κ2) is 10.9. The standard InChI is InChI=1S/C25H39NO7S/c1-24(2,3)33-23(28)6-5-14-31-15-13-26-11-9-25(10-12-26)17-21(27)20-16-19(18-34(4,29)30)7-8-22(20)32-25/h7-8,16,21,27H,5-6,9-15,17-18H2,1-4H3/t21-/m1/s1. The Hall–Kier alpha value is -1.68. The van der Waals surface area contributed by atoms with Gasteiger partial charge in [0.1, 0.15) is 17.0 Å². The first-order valence-electron chi connectivity index (χ1n) is 12.0. The third-order valence-electron chi connectivity index (χ3n) is 6.16. The number of sulfone groups is 1. The topological polar surface area (TPSA) is 102 Å². The quantitative estimate of drug-likeness (QED) is 0.410. The first-order chi connectivity index (χ1) is 15.8. The van der Waals surface area contributed by atoms with Gasteiger partial charge in [-0.25, -0.2) is 8.42 Å². The molecule has 2 heterocycles. The fourth-order valence-electron chi connectivity index (χ4n) is 4.58. The second-order valence-corrected chi connectivity index (χ2v) is 12.7. The van der Waals surface area contributed by atoms with Crippen molar-refractivity contribution in [3.63, 3.8) is 0 Å². The van der Waals surface area contributed by atoms with Gasteiger partial charge in [0.25, 0.3) is 0 Å². The lowest BCUT2D eigenvalue weighted by Crippen LogP contribution is -2.51. The van der Waals surface area contributed by atoms with Gasteiger partial charge in [0.15, 0.2) is 9.84 Å². The summed E-state index contributed by atoms with van der Waals surface area (Å²) in [5.74, 6) is 0.411. The molecule has 0 radical (unpaired) electrons. The van der Waals surface area contributed by atoms with Crippen LogP contribution in [0.4, 0.5) is 0 Å². The van der Waals surface area contributed by atoms with E-state index in [2.05, 4.69) is 4.90 Å². The summed E-state index contributed by atoms with van der Waals surface area (Å²) in [6.45, 7) is 9.25. The number of fused-ring (bicyclic) bond motifs is 1. The summed E-state index contributed by atoms with van der Waals surface area (Å²) in [6, 6.07) is 5.31. The van der Waals surface area contributed by atoms with Gasteiger partial charge in [-0.1, -0.05) is 6.07 Å². The number of nitrogens with zero attached hydrogens (tertiary/aromatic N) is 1. The maximum Gasteiger partial charge on any atom is 0.306 e. The van der Waals surface area contributed by atoms with Gasteiger partial charge >= 0.3 is 5.97 Å². The van der Waals surface area contributed by atoms with Crippen LogP contribution in [0.2, 0.25) is 0 Å². The molecule has 0 aliphatic carbocycles. The number of rotatable bonds is 9. The molecule has 2 aliphatic heterocycles. The molecule has 34 heavy (non-hydrogen) atoms. The van der Waals surface area contributed by atoms with Crippen LogP contribution in [0.3, 0.4) is 0 Å². The highest BCUT2D eigenvalue weighted by Crippen LogP contribution is 2.44. The average Bonchev–Trinajstić information content (AvgIpc) is 2.70. The normalized spacial score (nSPS) is 20.6. The van der Waals surface area contributed by atoms with E-state index < -0.39 is 27.1 Å². The Morgan fingerprint density at radius 1 is 1.24 bits per heavy atom. The highest BCUT2D eigenvalue weighted by molar-refractivity contribution is 7.89. The summed E-state index contributed by atoms with van der Waals surface area (Å²) in [4.78, 5) is 14.1. The van der Waals surface area contributed by atoms with Crippen LogP contribution in [0.15, 0.2) is 18.2 Å². The predicted octanol–water partition coefficient (Wildman–Crippen LogP) is 3.02. The average molecular weight is 498 g/mol. The molecule has 3 rings (SSSR count). The number of aliphatic hydroxyl groups excluding tert-OH is 1. The lowest BCUT2D eigenvalue weighted by atomic mass is 9.81. The molecule has 0 bridgehead atoms. The van der Waals surface area contributed by atoms with E-state index in [-0.39, 0.29) is 11.7 Å². The van der Waals surface area contributed by atoms with Crippen LogP contribution in [0.25, 0.3) is 0 Å². The molecule has 192 valence electrons. The molecule has 8 nitrogen and oxygen atoms in total. The Labute approximate surface area is 203 Å². The van der Waals surface area contributed by atoms with Gasteiger partial charge in [0.05, 0.1) is 18.5 Å². The van der Waals surface area contributed by atoms with Crippen LogP contribution in [0.1, 0.15) is 70.1 Å². The molecular formula is C25H39NO7S. The van der Waals surface area contributed by atoms with Gasteiger partial charge in [-0.05, 0) is 57.7 Å². The lowest BCUT2D eigenvalue weighted by Gasteiger charge is -2.46. The van der Waals surface area contributed by atoms with Crippen LogP contribution in [0.5, 0.6) is 5.75 Å². The summed E-state index contributed by atoms with van der Waals surface area (Å²) in [7, 11) is -3.14. The van der Waals surface area contributed by atoms with Crippen molar-refractivity contribution in [3.8, 4) is 5.75 Å². The number of piperidine rings is 1. The first-order valence-corrected chi connectivity index (χ1v) is 14.1. The zero-order valence-electron chi connectivity index (χ0n) is 20.8. The van der Waals surface area contributed by atoms with Crippen LogP contribution in [-0.2, 0) is 29.9 Å². The zero-order valence-corrected chi connectivity index (χ0v) is 21.7. The summed E-state index contributed by atoms with van der Waals surface area (Å²) < 4.78 is 40.6. The fourth-order valence-corrected chi connectivity index (χ4v) is 5.36. The van der Waals surface area contributed by atoms with Crippen LogP contribution in [0, 0.1) is 0 Å². The maximum absolute atomic E-state index is 11.7. The number of aliphatic hydroxyl groups is 1. The van der Waals surface area contributed by atoms with Crippen molar-refractivity contribution in [3.05, 3.63) is 29.3 Å². The summed E-state index contributed by atoms with van der Waals surface area (Å²) >= 11 is 0. The Bertz CT molecular complexity index is 947. The van der Waals surface area contributed by atoms with Crippen molar-refractivity contribution < 1.29 is 32.5 Å². The van der Waals surface area contributed by atoms with Gasteiger partial charge in [0, 0.05) is 50.9 Å². The smallest absolute Gasteiger partial charge is 0.306 e. The highest BCUT2D eigenvalue weighted by Gasteiger charge is 2.42. The van der Waals surface area contributed by atoms with Crippen molar-refractivity contribution >= 4 is 15.8 Å². The number of hydrogen-bond acceptors (Lipinski definition) is 8. The molecule has 0 amide bonds. The minimum atomic E-state index is -3.14. The Morgan fingerprint density at radius 3 is 2.59 bits per heavy atom. The Balaban J connectivity index is 1.40. The molecule has 1 fully saturated rings. The van der Waals surface area contributed by atoms with E-state index in [0.717, 1.165) is 32.5 Å². The molecule has 1 aromatic carbocycles. The summed E-state index contributed by atoms with van der Waals surface area (Å²) in [5.41, 5.74) is 0.496. The molecule has 1 saturated heterocycles. The highest BCUT2D eigenvalue weighted by atomic mass is 32.2. The van der Waals surface area contributed by atoms with Crippen molar-refractivity contribution in [1.82, 2.24) is 4.90 Å². The van der Waals surface area contributed by atoms with E-state index >= 15 is 0 Å². The number of carbonyl (C=O) groups excluding carboxylic acids is 1. The van der Waals surface area contributed by atoms with E-state index in [1.54, 1.807) is 18.2 Å². The molecule has 9 heteroatoms. The molecule has 0 saturated carbocycles. The maximum atomic E-state index is 11.7. The number of hydrogen-bond donors (Lipinski definition) is 1. The van der Waals surface area contributed by atoms with Crippen molar-refractivity contribution in [2.24, 2.45) is 0 Å². The van der Waals surface area contributed by atoms with Gasteiger partial charge < -0.3 is 24.2 Å². The minimum Gasteiger partial charge on any atom is -0.487 e. The molecule has 1 N–H and O–H groups in total. The Morgan fingerprint density at radius 2 is 1.94 bits per heavy atom. The predicted molar refractivity (Wildman–Crippen MR) is 129 cm³/mol. The van der Waals surface area contributed by atoms with Gasteiger partial charge in [-0.3, -0.25) is 4.79 Å². The van der Waals surface area contributed by atoms with E-state index in [4.69, 9.17) is 14.2 Å². The van der Waals surface area contributed by atoms with Gasteiger partial charge in [-0.15, -0.1) is 0 Å². The number of benzene rings is 1. The van der Waals surface area contributed by atoms with Crippen LogP contribution in [-0.4, -0.2) is 74.7 Å². The summed E-state index contributed by atoms with van der Waals surface area (Å²) in [6.07, 6.45) is 3.69. The van der Waals surface area contributed by atoms with Crippen LogP contribution >= 0.6 is 0 Å². The summed E-state index contributed by atoms with van der Waals surface area (Å²) in [5, 5.41) is 10.8. The van der Waals surface area contributed by atoms with E-state index in [1.165, 1.54) is 6.26 Å². The third kappa shape index (κ3) is 8.22. The minimum absolute atomic E-state index is 0.0455. The fraction of sp³-hybridized carbons (Fsp3) is 0.720. The van der Waals surface area contributed by atoms with Gasteiger partial charge in [0.2, 0.25) is 0 Å². The number of likely N-dealkylation sites (tertiary alicyclic amines) is 1. The zero-order chi connectivity index (χ0) is 25.0. The molecule has 1 aromatic rings. The monoisotopic (exact) mass is 497 g/mol. The Kier molecular flexibility index (Phi) is 8.65. The lowest BCUT2D eigenvalue weighted by molar-refractivity contribution is -0.155. The van der Waals surface area contributed by atoms with E-state index in [0.29, 0.717) is 49.4 Å². The molecule has 0 aromatic heterocycles. The second-order valence-electron chi connectivity index (χ2n) is 10.6. The SMILES string of the molecule is CC(C)(C)OC(=O)CCCOCCN1CCC2(CC1)C[C@@H](O)c1cc(CS(C)(=O)=O)ccc1O2. The van der Waals surface area contributed by atoms with Crippen molar-refractivity contribution in [2.75, 3.05) is 39.1 Å². The van der Waals surface area contributed by atoms with E-state index in [1.807, 2.05) is 20.8 Å². The first kappa shape index (κ1) is 26.9. The number of esters is 1. The van der Waals surface area contributed by atoms with Crippen molar-refractivity contribution in [1.29, 1.82) is 0 Å². The number of ether oxygens (including phenoxy) is 3. The van der Waals surface area contributed by atoms with E-state index in [9.17, 15) is 18.3 Å². The molecule has 1 spiro atoms. The largest absolute Gasteiger partial charge is 0.487 e. The number of carbonyl (C=O) groups is 1.